The topological polar surface area (TPSA) is 55.5 Å². The Morgan fingerprint density at radius 3 is 2.50 bits per heavy atom. The molecular weight excluding hydrogens is 271 g/mol. The summed E-state index contributed by atoms with van der Waals surface area (Å²) < 4.78 is 41.5. The maximum atomic E-state index is 12.2. The summed E-state index contributed by atoms with van der Waals surface area (Å²) in [4.78, 5) is 0. The van der Waals surface area contributed by atoms with Gasteiger partial charge in [0.2, 0.25) is 0 Å². The molecule has 0 bridgehead atoms. The number of hydrogen-bond acceptors (Lipinski definition) is 3. The Morgan fingerprint density at radius 2 is 2.00 bits per heavy atom. The highest BCUT2D eigenvalue weighted by Crippen LogP contribution is 2.33. The van der Waals surface area contributed by atoms with Crippen LogP contribution in [0.25, 0.3) is 0 Å². The van der Waals surface area contributed by atoms with Gasteiger partial charge in [-0.1, -0.05) is 6.07 Å². The molecule has 104 valence electrons. The average Bonchev–Trinajstić information content (AvgIpc) is 2.19. The number of nitrogens with two attached hydrogens (primary N) is 1. The summed E-state index contributed by atoms with van der Waals surface area (Å²) in [5.41, 5.74) is 5.72. The third-order valence-electron chi connectivity index (χ3n) is 2.16. The Bertz CT molecular complexity index is 385. The van der Waals surface area contributed by atoms with Gasteiger partial charge in [-0.05, 0) is 24.6 Å². The van der Waals surface area contributed by atoms with Crippen molar-refractivity contribution in [3.05, 3.63) is 23.8 Å². The van der Waals surface area contributed by atoms with Crippen LogP contribution in [0.3, 0.4) is 0 Å². The molecular formula is C11H15ClF3NO2. The normalized spacial score (nSPS) is 12.7. The van der Waals surface area contributed by atoms with Crippen molar-refractivity contribution >= 4 is 12.4 Å². The fourth-order valence-electron chi connectivity index (χ4n) is 1.40. The van der Waals surface area contributed by atoms with Crippen LogP contribution >= 0.6 is 12.4 Å². The number of phenols is 1. The minimum atomic E-state index is -4.32. The summed E-state index contributed by atoms with van der Waals surface area (Å²) in [6.07, 6.45) is -5.42. The summed E-state index contributed by atoms with van der Waals surface area (Å²) in [6.45, 7) is 2.02. The van der Waals surface area contributed by atoms with Crippen LogP contribution in [0.5, 0.6) is 11.5 Å². The molecule has 7 heteroatoms. The second kappa shape index (κ2) is 6.70. The van der Waals surface area contributed by atoms with Crippen LogP contribution in [0.15, 0.2) is 18.2 Å². The van der Waals surface area contributed by atoms with Crippen LogP contribution in [0.4, 0.5) is 13.2 Å². The molecule has 0 aliphatic heterocycles. The number of aromatic hydroxyl groups is 1. The number of ether oxygens (including phenoxy) is 1. The monoisotopic (exact) mass is 285 g/mol. The van der Waals surface area contributed by atoms with Crippen molar-refractivity contribution in [3.8, 4) is 11.5 Å². The van der Waals surface area contributed by atoms with Gasteiger partial charge in [-0.25, -0.2) is 0 Å². The van der Waals surface area contributed by atoms with Crippen molar-refractivity contribution in [2.24, 2.45) is 5.73 Å². The zero-order valence-electron chi connectivity index (χ0n) is 9.70. The first-order chi connectivity index (χ1) is 7.83. The predicted molar refractivity (Wildman–Crippen MR) is 64.1 cm³/mol. The molecule has 0 saturated carbocycles. The predicted octanol–water partition coefficient (Wildman–Crippen LogP) is 3.16. The van der Waals surface area contributed by atoms with Gasteiger partial charge < -0.3 is 15.6 Å². The van der Waals surface area contributed by atoms with E-state index in [4.69, 9.17) is 10.5 Å². The molecule has 3 N–H and O–H groups in total. The van der Waals surface area contributed by atoms with Gasteiger partial charge in [0.1, 0.15) is 0 Å². The Balaban J connectivity index is 0.00000289. The first-order valence-corrected chi connectivity index (χ1v) is 5.11. The Morgan fingerprint density at radius 1 is 1.39 bits per heavy atom. The van der Waals surface area contributed by atoms with E-state index in [1.54, 1.807) is 6.92 Å². The molecule has 0 spiro atoms. The zero-order chi connectivity index (χ0) is 13.1. The maximum Gasteiger partial charge on any atom is 0.390 e. The summed E-state index contributed by atoms with van der Waals surface area (Å²) in [5, 5.41) is 9.39. The quantitative estimate of drug-likeness (QED) is 0.893. The molecule has 0 amide bonds. The Labute approximate surface area is 109 Å². The minimum absolute atomic E-state index is 0. The second-order valence-electron chi connectivity index (χ2n) is 3.59. The third kappa shape index (κ3) is 5.01. The van der Waals surface area contributed by atoms with Crippen LogP contribution in [0.2, 0.25) is 0 Å². The van der Waals surface area contributed by atoms with Crippen molar-refractivity contribution in [2.75, 3.05) is 6.61 Å². The van der Waals surface area contributed by atoms with Crippen LogP contribution in [-0.2, 0) is 0 Å². The lowest BCUT2D eigenvalue weighted by Crippen LogP contribution is -2.20. The van der Waals surface area contributed by atoms with E-state index in [9.17, 15) is 18.3 Å². The Hall–Kier alpha value is -1.14. The van der Waals surface area contributed by atoms with Gasteiger partial charge >= 0.3 is 6.18 Å². The van der Waals surface area contributed by atoms with Crippen LogP contribution in [0, 0.1) is 0 Å². The van der Waals surface area contributed by atoms with Crippen LogP contribution < -0.4 is 10.5 Å². The molecule has 0 aliphatic carbocycles. The van der Waals surface area contributed by atoms with Crippen molar-refractivity contribution in [1.82, 2.24) is 0 Å². The molecule has 1 aromatic carbocycles. The number of phenolic OH excluding ortho intramolecular Hbond substituents is 1. The number of benzene rings is 1. The van der Waals surface area contributed by atoms with Gasteiger partial charge in [0.05, 0.1) is 13.0 Å². The molecule has 0 fully saturated rings. The second-order valence-corrected chi connectivity index (χ2v) is 3.59. The fraction of sp³-hybridized carbons (Fsp3) is 0.455. The van der Waals surface area contributed by atoms with E-state index in [1.165, 1.54) is 18.2 Å². The van der Waals surface area contributed by atoms with Gasteiger partial charge in [-0.2, -0.15) is 13.2 Å². The standard InChI is InChI=1S/C11H14F3NO2.ClH/c1-2-17-10-5-7(3-4-9(10)16)8(15)6-11(12,13)14;/h3-5,8,16H,2,6,15H2,1H3;1H/t8-;/m0./s1. The van der Waals surface area contributed by atoms with E-state index in [2.05, 4.69) is 0 Å². The summed E-state index contributed by atoms with van der Waals surface area (Å²) >= 11 is 0. The van der Waals surface area contributed by atoms with E-state index in [1.807, 2.05) is 0 Å². The van der Waals surface area contributed by atoms with E-state index in [0.29, 0.717) is 6.61 Å². The highest BCUT2D eigenvalue weighted by Gasteiger charge is 2.31. The van der Waals surface area contributed by atoms with Gasteiger partial charge in [0.25, 0.3) is 0 Å². The van der Waals surface area contributed by atoms with Crippen molar-refractivity contribution in [3.63, 3.8) is 0 Å². The van der Waals surface area contributed by atoms with Gasteiger partial charge in [-0.3, -0.25) is 0 Å². The van der Waals surface area contributed by atoms with Gasteiger partial charge in [-0.15, -0.1) is 12.4 Å². The highest BCUT2D eigenvalue weighted by molar-refractivity contribution is 5.85. The third-order valence-corrected chi connectivity index (χ3v) is 2.16. The van der Waals surface area contributed by atoms with Gasteiger partial charge in [0, 0.05) is 6.04 Å². The molecule has 0 aromatic heterocycles. The van der Waals surface area contributed by atoms with E-state index in [0.717, 1.165) is 0 Å². The van der Waals surface area contributed by atoms with E-state index in [-0.39, 0.29) is 29.5 Å². The zero-order valence-corrected chi connectivity index (χ0v) is 10.5. The van der Waals surface area contributed by atoms with E-state index < -0.39 is 18.6 Å². The summed E-state index contributed by atoms with van der Waals surface area (Å²) in [6, 6.07) is 2.80. The lowest BCUT2D eigenvalue weighted by atomic mass is 10.0. The maximum absolute atomic E-state index is 12.2. The minimum Gasteiger partial charge on any atom is -0.504 e. The van der Waals surface area contributed by atoms with E-state index >= 15 is 0 Å². The summed E-state index contributed by atoms with van der Waals surface area (Å²) in [5.74, 6) is 0.0254. The molecule has 1 aromatic rings. The molecule has 0 radical (unpaired) electrons. The van der Waals surface area contributed by atoms with Crippen molar-refractivity contribution < 1.29 is 23.0 Å². The number of rotatable bonds is 4. The molecule has 0 saturated heterocycles. The first-order valence-electron chi connectivity index (χ1n) is 5.11. The molecule has 1 rings (SSSR count). The van der Waals surface area contributed by atoms with Crippen LogP contribution in [-0.4, -0.2) is 17.9 Å². The first kappa shape index (κ1) is 16.9. The SMILES string of the molecule is CCOc1cc([C@@H](N)CC(F)(F)F)ccc1O.Cl. The number of halogens is 4. The van der Waals surface area contributed by atoms with Crippen molar-refractivity contribution in [2.45, 2.75) is 25.6 Å². The lowest BCUT2D eigenvalue weighted by Gasteiger charge is -2.16. The average molecular weight is 286 g/mol. The fourth-order valence-corrected chi connectivity index (χ4v) is 1.40. The molecule has 0 heterocycles. The molecule has 0 aliphatic rings. The molecule has 18 heavy (non-hydrogen) atoms. The summed E-state index contributed by atoms with van der Waals surface area (Å²) in [7, 11) is 0. The number of hydrogen-bond donors (Lipinski definition) is 2. The Kier molecular flexibility index (Phi) is 6.28. The molecule has 3 nitrogen and oxygen atoms in total. The van der Waals surface area contributed by atoms with Gasteiger partial charge in [0.15, 0.2) is 11.5 Å². The van der Waals surface area contributed by atoms with Crippen LogP contribution in [0.1, 0.15) is 24.9 Å². The smallest absolute Gasteiger partial charge is 0.390 e. The molecule has 0 unspecified atom stereocenters. The molecule has 1 atom stereocenters. The lowest BCUT2D eigenvalue weighted by molar-refractivity contribution is -0.138. The van der Waals surface area contributed by atoms with Crippen molar-refractivity contribution in [1.29, 1.82) is 0 Å². The largest absolute Gasteiger partial charge is 0.504 e. The highest BCUT2D eigenvalue weighted by atomic mass is 35.5. The number of alkyl halides is 3.